The molecular weight excluding hydrogens is 247 g/mol. The molecule has 0 N–H and O–H groups in total. The Labute approximate surface area is 91.6 Å². The van der Waals surface area contributed by atoms with Crippen molar-refractivity contribution in [2.45, 2.75) is 4.90 Å². The van der Waals surface area contributed by atoms with Crippen LogP contribution in [0.1, 0.15) is 0 Å². The van der Waals surface area contributed by atoms with Gasteiger partial charge in [0, 0.05) is 5.02 Å². The minimum absolute atomic E-state index is 0.0660. The number of benzene rings is 1. The number of hydrogen-bond acceptors (Lipinski definition) is 3. The Bertz CT molecular complexity index is 454. The van der Waals surface area contributed by atoms with Crippen LogP contribution >= 0.6 is 23.2 Å². The zero-order valence-electron chi connectivity index (χ0n) is 6.91. The predicted octanol–water partition coefficient (Wildman–Crippen LogP) is 1.97. The second kappa shape index (κ2) is 4.29. The molecule has 0 bridgehead atoms. The molecule has 0 atom stereocenters. The van der Waals surface area contributed by atoms with E-state index in [1.165, 1.54) is 18.2 Å². The van der Waals surface area contributed by atoms with Crippen molar-refractivity contribution in [3.05, 3.63) is 28.2 Å². The molecule has 0 unspecified atom stereocenters. The first kappa shape index (κ1) is 11.5. The van der Waals surface area contributed by atoms with Crippen LogP contribution < -0.4 is 0 Å². The second-order valence-electron chi connectivity index (χ2n) is 2.52. The third-order valence-electron chi connectivity index (χ3n) is 1.52. The highest BCUT2D eigenvalue weighted by Gasteiger charge is 2.17. The van der Waals surface area contributed by atoms with E-state index in [4.69, 9.17) is 23.2 Å². The lowest BCUT2D eigenvalue weighted by Gasteiger charge is -2.03. The van der Waals surface area contributed by atoms with Crippen LogP contribution in [0.25, 0.3) is 0 Å². The SMILES string of the molecule is O=CCS(=O)(=O)c1cc(Cl)ccc1Cl. The van der Waals surface area contributed by atoms with Crippen molar-refractivity contribution in [2.24, 2.45) is 0 Å². The van der Waals surface area contributed by atoms with E-state index in [1.807, 2.05) is 0 Å². The van der Waals surface area contributed by atoms with Gasteiger partial charge in [-0.15, -0.1) is 0 Å². The molecule has 0 spiro atoms. The van der Waals surface area contributed by atoms with Crippen molar-refractivity contribution in [3.8, 4) is 0 Å². The van der Waals surface area contributed by atoms with Crippen LogP contribution in [0, 0.1) is 0 Å². The first-order valence-electron chi connectivity index (χ1n) is 3.59. The van der Waals surface area contributed by atoms with Gasteiger partial charge in [0.2, 0.25) is 0 Å². The maximum Gasteiger partial charge on any atom is 0.186 e. The molecule has 0 aliphatic carbocycles. The normalized spacial score (nSPS) is 11.3. The summed E-state index contributed by atoms with van der Waals surface area (Å²) in [6.07, 6.45) is 0.312. The fourth-order valence-electron chi connectivity index (χ4n) is 0.895. The van der Waals surface area contributed by atoms with E-state index in [-0.39, 0.29) is 14.9 Å². The first-order valence-corrected chi connectivity index (χ1v) is 5.99. The largest absolute Gasteiger partial charge is 0.302 e. The zero-order valence-corrected chi connectivity index (χ0v) is 9.23. The van der Waals surface area contributed by atoms with Crippen LogP contribution in [-0.2, 0) is 14.6 Å². The molecule has 1 rings (SSSR count). The summed E-state index contributed by atoms with van der Waals surface area (Å²) in [6, 6.07) is 4.08. The Morgan fingerprint density at radius 2 is 1.93 bits per heavy atom. The summed E-state index contributed by atoms with van der Waals surface area (Å²) in [7, 11) is -3.65. The molecule has 0 fully saturated rings. The standard InChI is InChI=1S/C8H6Cl2O3S/c9-6-1-2-7(10)8(5-6)14(12,13)4-3-11/h1-3,5H,4H2. The zero-order chi connectivity index (χ0) is 10.8. The Balaban J connectivity index is 3.31. The molecule has 14 heavy (non-hydrogen) atoms. The van der Waals surface area contributed by atoms with Crippen LogP contribution in [0.4, 0.5) is 0 Å². The van der Waals surface area contributed by atoms with Gasteiger partial charge in [0.15, 0.2) is 9.84 Å². The highest BCUT2D eigenvalue weighted by molar-refractivity contribution is 7.92. The molecule has 0 aromatic heterocycles. The van der Waals surface area contributed by atoms with Crippen LogP contribution in [0.2, 0.25) is 10.0 Å². The topological polar surface area (TPSA) is 51.2 Å². The molecule has 0 saturated carbocycles. The van der Waals surface area contributed by atoms with Crippen LogP contribution in [0.5, 0.6) is 0 Å². The Hall–Kier alpha value is -0.580. The number of carbonyl (C=O) groups excluding carboxylic acids is 1. The molecule has 3 nitrogen and oxygen atoms in total. The fraction of sp³-hybridized carbons (Fsp3) is 0.125. The number of aldehydes is 1. The van der Waals surface area contributed by atoms with E-state index in [0.29, 0.717) is 6.29 Å². The summed E-state index contributed by atoms with van der Waals surface area (Å²) in [4.78, 5) is 10.0. The number of sulfone groups is 1. The highest BCUT2D eigenvalue weighted by atomic mass is 35.5. The van der Waals surface area contributed by atoms with Gasteiger partial charge in [0.25, 0.3) is 0 Å². The summed E-state index contributed by atoms with van der Waals surface area (Å²) < 4.78 is 22.9. The van der Waals surface area contributed by atoms with Crippen LogP contribution in [-0.4, -0.2) is 20.5 Å². The molecule has 0 aliphatic rings. The quantitative estimate of drug-likeness (QED) is 0.774. The molecule has 1 aromatic rings. The van der Waals surface area contributed by atoms with Gasteiger partial charge in [0.05, 0.1) is 9.92 Å². The molecule has 0 amide bonds. The average Bonchev–Trinajstić information content (AvgIpc) is 2.09. The van der Waals surface area contributed by atoms with Crippen molar-refractivity contribution >= 4 is 39.3 Å². The summed E-state index contributed by atoms with van der Waals surface area (Å²) >= 11 is 11.3. The third-order valence-corrected chi connectivity index (χ3v) is 3.78. The second-order valence-corrected chi connectivity index (χ2v) is 5.37. The molecular formula is C8H6Cl2O3S. The summed E-state index contributed by atoms with van der Waals surface area (Å²) in [6.45, 7) is 0. The van der Waals surface area contributed by atoms with E-state index < -0.39 is 15.6 Å². The first-order chi connectivity index (χ1) is 6.47. The number of carbonyl (C=O) groups is 1. The lowest BCUT2D eigenvalue weighted by atomic mass is 10.4. The van der Waals surface area contributed by atoms with Gasteiger partial charge < -0.3 is 4.79 Å². The van der Waals surface area contributed by atoms with Gasteiger partial charge in [-0.05, 0) is 18.2 Å². The fourth-order valence-corrected chi connectivity index (χ4v) is 2.63. The number of rotatable bonds is 3. The van der Waals surface area contributed by atoms with Crippen molar-refractivity contribution in [1.82, 2.24) is 0 Å². The average molecular weight is 253 g/mol. The monoisotopic (exact) mass is 252 g/mol. The minimum atomic E-state index is -3.65. The van der Waals surface area contributed by atoms with Gasteiger partial charge in [-0.3, -0.25) is 0 Å². The number of hydrogen-bond donors (Lipinski definition) is 0. The maximum absolute atomic E-state index is 11.4. The van der Waals surface area contributed by atoms with Crippen molar-refractivity contribution < 1.29 is 13.2 Å². The van der Waals surface area contributed by atoms with Crippen molar-refractivity contribution in [1.29, 1.82) is 0 Å². The van der Waals surface area contributed by atoms with E-state index in [0.717, 1.165) is 0 Å². The summed E-state index contributed by atoms with van der Waals surface area (Å²) in [5.74, 6) is -0.590. The maximum atomic E-state index is 11.4. The summed E-state index contributed by atoms with van der Waals surface area (Å²) in [5, 5.41) is 0.329. The van der Waals surface area contributed by atoms with E-state index in [1.54, 1.807) is 0 Å². The van der Waals surface area contributed by atoms with Gasteiger partial charge in [0.1, 0.15) is 12.0 Å². The highest BCUT2D eigenvalue weighted by Crippen LogP contribution is 2.25. The molecule has 6 heteroatoms. The minimum Gasteiger partial charge on any atom is -0.302 e. The lowest BCUT2D eigenvalue weighted by molar-refractivity contribution is -0.105. The van der Waals surface area contributed by atoms with Crippen molar-refractivity contribution in [2.75, 3.05) is 5.75 Å². The van der Waals surface area contributed by atoms with Gasteiger partial charge in [-0.25, -0.2) is 8.42 Å². The Morgan fingerprint density at radius 1 is 1.29 bits per heavy atom. The van der Waals surface area contributed by atoms with Crippen LogP contribution in [0.3, 0.4) is 0 Å². The van der Waals surface area contributed by atoms with E-state index >= 15 is 0 Å². The number of halogens is 2. The summed E-state index contributed by atoms with van der Waals surface area (Å²) in [5.41, 5.74) is 0. The van der Waals surface area contributed by atoms with Gasteiger partial charge in [-0.1, -0.05) is 23.2 Å². The van der Waals surface area contributed by atoms with E-state index in [2.05, 4.69) is 0 Å². The Kier molecular flexibility index (Phi) is 3.53. The molecule has 76 valence electrons. The molecule has 0 heterocycles. The van der Waals surface area contributed by atoms with Gasteiger partial charge >= 0.3 is 0 Å². The molecule has 1 aromatic carbocycles. The third kappa shape index (κ3) is 2.47. The van der Waals surface area contributed by atoms with Crippen LogP contribution in [0.15, 0.2) is 23.1 Å². The lowest BCUT2D eigenvalue weighted by Crippen LogP contribution is -2.08. The molecule has 0 aliphatic heterocycles. The smallest absolute Gasteiger partial charge is 0.186 e. The van der Waals surface area contributed by atoms with Gasteiger partial charge in [-0.2, -0.15) is 0 Å². The predicted molar refractivity (Wildman–Crippen MR) is 54.6 cm³/mol. The van der Waals surface area contributed by atoms with Crippen molar-refractivity contribution in [3.63, 3.8) is 0 Å². The molecule has 0 saturated heterocycles. The van der Waals surface area contributed by atoms with E-state index in [9.17, 15) is 13.2 Å². The Morgan fingerprint density at radius 3 is 2.50 bits per heavy atom. The molecule has 0 radical (unpaired) electrons.